The van der Waals surface area contributed by atoms with E-state index < -0.39 is 29.4 Å². The average molecular weight is 319 g/mol. The molecule has 0 fully saturated rings. The molecular weight excluding hydrogens is 302 g/mol. The number of carboxylic acids is 1. The Morgan fingerprint density at radius 3 is 2.09 bits per heavy atom. The largest absolute Gasteiger partial charge is 0.478 e. The summed E-state index contributed by atoms with van der Waals surface area (Å²) in [5.74, 6) is -3.30. The molecular formula is C16H17NO6. The van der Waals surface area contributed by atoms with Gasteiger partial charge in [0.15, 0.2) is 0 Å². The number of rotatable bonds is 4. The molecule has 2 amide bonds. The van der Waals surface area contributed by atoms with Crippen LogP contribution in [0.25, 0.3) is 0 Å². The first kappa shape index (κ1) is 16.7. The number of hydrogen-bond acceptors (Lipinski definition) is 5. The zero-order chi connectivity index (χ0) is 17.4. The number of carbonyl (C=O) groups is 4. The fourth-order valence-corrected chi connectivity index (χ4v) is 2.32. The van der Waals surface area contributed by atoms with Crippen LogP contribution in [0.5, 0.6) is 0 Å². The van der Waals surface area contributed by atoms with Crippen molar-refractivity contribution in [2.75, 3.05) is 6.54 Å². The molecule has 0 unspecified atom stereocenters. The first-order valence-corrected chi connectivity index (χ1v) is 7.06. The minimum absolute atomic E-state index is 0.0567. The fourth-order valence-electron chi connectivity index (χ4n) is 2.32. The summed E-state index contributed by atoms with van der Waals surface area (Å²) in [7, 11) is 0. The van der Waals surface area contributed by atoms with E-state index in [4.69, 9.17) is 4.74 Å². The first-order valence-electron chi connectivity index (χ1n) is 7.06. The van der Waals surface area contributed by atoms with Gasteiger partial charge in [0, 0.05) is 6.54 Å². The summed E-state index contributed by atoms with van der Waals surface area (Å²) in [6.07, 6.45) is -0.151. The number of benzene rings is 1. The molecule has 0 radical (unpaired) electrons. The Balaban J connectivity index is 2.19. The number of ether oxygens (including phenoxy) is 1. The molecule has 122 valence electrons. The SMILES string of the molecule is CC(C)(C)OC(=O)CCN1C(=O)c2cccc(c2C(=O)O)C1=O. The number of aromatic carboxylic acids is 1. The maximum absolute atomic E-state index is 12.3. The summed E-state index contributed by atoms with van der Waals surface area (Å²) in [4.78, 5) is 48.5. The molecule has 2 rings (SSSR count). The molecule has 2 bridgehead atoms. The Bertz CT molecular complexity index is 667. The molecule has 0 saturated heterocycles. The van der Waals surface area contributed by atoms with Crippen molar-refractivity contribution < 1.29 is 29.0 Å². The lowest BCUT2D eigenvalue weighted by Gasteiger charge is -2.27. The van der Waals surface area contributed by atoms with Crippen molar-refractivity contribution >= 4 is 23.8 Å². The second-order valence-corrected chi connectivity index (χ2v) is 6.13. The summed E-state index contributed by atoms with van der Waals surface area (Å²) < 4.78 is 5.13. The van der Waals surface area contributed by atoms with Crippen molar-refractivity contribution in [1.82, 2.24) is 4.90 Å². The van der Waals surface area contributed by atoms with Gasteiger partial charge in [-0.3, -0.25) is 19.3 Å². The van der Waals surface area contributed by atoms with Gasteiger partial charge < -0.3 is 9.84 Å². The zero-order valence-corrected chi connectivity index (χ0v) is 13.1. The lowest BCUT2D eigenvalue weighted by molar-refractivity contribution is -0.154. The molecule has 0 atom stereocenters. The minimum Gasteiger partial charge on any atom is -0.478 e. The summed E-state index contributed by atoms with van der Waals surface area (Å²) in [5.41, 5.74) is -1.07. The molecule has 7 nitrogen and oxygen atoms in total. The summed E-state index contributed by atoms with van der Waals surface area (Å²) in [6.45, 7) is 4.98. The van der Waals surface area contributed by atoms with E-state index >= 15 is 0 Å². The Labute approximate surface area is 132 Å². The third-order valence-electron chi connectivity index (χ3n) is 3.19. The molecule has 1 N–H and O–H groups in total. The highest BCUT2D eigenvalue weighted by molar-refractivity contribution is 6.22. The molecule has 0 aromatic heterocycles. The Kier molecular flexibility index (Phi) is 4.22. The molecule has 1 aliphatic rings. The van der Waals surface area contributed by atoms with Gasteiger partial charge >= 0.3 is 11.9 Å². The quantitative estimate of drug-likeness (QED) is 0.670. The van der Waals surface area contributed by atoms with Crippen LogP contribution >= 0.6 is 0 Å². The second kappa shape index (κ2) is 5.83. The van der Waals surface area contributed by atoms with Crippen molar-refractivity contribution in [3.8, 4) is 0 Å². The fraction of sp³-hybridized carbons (Fsp3) is 0.375. The van der Waals surface area contributed by atoms with Crippen molar-refractivity contribution in [1.29, 1.82) is 0 Å². The van der Waals surface area contributed by atoms with E-state index in [0.717, 1.165) is 4.90 Å². The number of imide groups is 1. The van der Waals surface area contributed by atoms with Gasteiger partial charge in [-0.2, -0.15) is 0 Å². The molecule has 1 heterocycles. The molecule has 0 spiro atoms. The minimum atomic E-state index is -1.33. The highest BCUT2D eigenvalue weighted by Crippen LogP contribution is 2.25. The standard InChI is InChI=1S/C16H17NO6/c1-16(2,3)23-11(18)7-8-17-13(19)9-5-4-6-10(14(17)20)12(9)15(21)22/h4-6H,7-8H2,1-3H3,(H,21,22). The van der Waals surface area contributed by atoms with E-state index in [1.165, 1.54) is 18.2 Å². The van der Waals surface area contributed by atoms with Crippen LogP contribution in [0.15, 0.2) is 18.2 Å². The van der Waals surface area contributed by atoms with E-state index in [0.29, 0.717) is 0 Å². The molecule has 0 saturated carbocycles. The summed E-state index contributed by atoms with van der Waals surface area (Å²) in [6, 6.07) is 4.16. The van der Waals surface area contributed by atoms with Gasteiger partial charge in [-0.1, -0.05) is 6.07 Å². The van der Waals surface area contributed by atoms with Gasteiger partial charge in [0.25, 0.3) is 11.8 Å². The Hall–Kier alpha value is -2.70. The number of hydrogen-bond donors (Lipinski definition) is 1. The number of esters is 1. The van der Waals surface area contributed by atoms with Gasteiger partial charge in [0.1, 0.15) is 5.60 Å². The third kappa shape index (κ3) is 3.39. The van der Waals surface area contributed by atoms with Crippen LogP contribution in [0.3, 0.4) is 0 Å². The van der Waals surface area contributed by atoms with Gasteiger partial charge in [-0.15, -0.1) is 0 Å². The van der Waals surface area contributed by atoms with Crippen LogP contribution in [0.2, 0.25) is 0 Å². The highest BCUT2D eigenvalue weighted by Gasteiger charge is 2.36. The molecule has 1 aliphatic heterocycles. The smallest absolute Gasteiger partial charge is 0.337 e. The Morgan fingerprint density at radius 1 is 1.13 bits per heavy atom. The summed E-state index contributed by atoms with van der Waals surface area (Å²) in [5, 5.41) is 9.18. The van der Waals surface area contributed by atoms with E-state index in [2.05, 4.69) is 0 Å². The number of carboxylic acid groups (broad SMARTS) is 1. The van der Waals surface area contributed by atoms with Crippen LogP contribution in [-0.4, -0.2) is 45.9 Å². The predicted octanol–water partition coefficient (Wildman–Crippen LogP) is 1.71. The number of amides is 2. The number of nitrogens with zero attached hydrogens (tertiary/aromatic N) is 1. The molecule has 1 aromatic carbocycles. The molecule has 1 aromatic rings. The predicted molar refractivity (Wildman–Crippen MR) is 79.2 cm³/mol. The highest BCUT2D eigenvalue weighted by atomic mass is 16.6. The summed E-state index contributed by atoms with van der Waals surface area (Å²) >= 11 is 0. The van der Waals surface area contributed by atoms with E-state index in [1.54, 1.807) is 20.8 Å². The van der Waals surface area contributed by atoms with Crippen LogP contribution in [0, 0.1) is 0 Å². The molecule has 0 aliphatic carbocycles. The third-order valence-corrected chi connectivity index (χ3v) is 3.19. The maximum atomic E-state index is 12.3. The van der Waals surface area contributed by atoms with Crippen molar-refractivity contribution in [3.63, 3.8) is 0 Å². The topological polar surface area (TPSA) is 101 Å². The van der Waals surface area contributed by atoms with Crippen molar-refractivity contribution in [3.05, 3.63) is 34.9 Å². The van der Waals surface area contributed by atoms with E-state index in [-0.39, 0.29) is 29.7 Å². The molecule has 23 heavy (non-hydrogen) atoms. The van der Waals surface area contributed by atoms with Crippen LogP contribution < -0.4 is 0 Å². The normalized spacial score (nSPS) is 14.0. The monoisotopic (exact) mass is 319 g/mol. The number of carbonyl (C=O) groups excluding carboxylic acids is 3. The lowest BCUT2D eigenvalue weighted by atomic mass is 9.94. The van der Waals surface area contributed by atoms with Crippen molar-refractivity contribution in [2.24, 2.45) is 0 Å². The van der Waals surface area contributed by atoms with Gasteiger partial charge in [0.05, 0.1) is 23.1 Å². The van der Waals surface area contributed by atoms with E-state index in [9.17, 15) is 24.3 Å². The van der Waals surface area contributed by atoms with Gasteiger partial charge in [-0.05, 0) is 32.9 Å². The van der Waals surface area contributed by atoms with Crippen LogP contribution in [0.4, 0.5) is 0 Å². The van der Waals surface area contributed by atoms with E-state index in [1.807, 2.05) is 0 Å². The maximum Gasteiger partial charge on any atom is 0.337 e. The first-order chi connectivity index (χ1) is 10.6. The number of fused-ring (bicyclic) bond motifs is 2. The lowest BCUT2D eigenvalue weighted by Crippen LogP contribution is -2.43. The second-order valence-electron chi connectivity index (χ2n) is 6.13. The Morgan fingerprint density at radius 2 is 1.65 bits per heavy atom. The average Bonchev–Trinajstić information content (AvgIpc) is 2.42. The van der Waals surface area contributed by atoms with Crippen LogP contribution in [-0.2, 0) is 9.53 Å². The zero-order valence-electron chi connectivity index (χ0n) is 13.1. The van der Waals surface area contributed by atoms with Gasteiger partial charge in [0.2, 0.25) is 0 Å². The van der Waals surface area contributed by atoms with Crippen molar-refractivity contribution in [2.45, 2.75) is 32.8 Å². The molecule has 7 heteroatoms. The van der Waals surface area contributed by atoms with Gasteiger partial charge in [-0.25, -0.2) is 4.79 Å². The van der Waals surface area contributed by atoms with Crippen LogP contribution in [0.1, 0.15) is 58.3 Å².